The predicted molar refractivity (Wildman–Crippen MR) is 41.0 cm³/mol. The Balaban J connectivity index is 2.04. The van der Waals surface area contributed by atoms with Gasteiger partial charge in [0.1, 0.15) is 5.76 Å². The first kappa shape index (κ1) is 8.27. The molecule has 0 unspecified atom stereocenters. The molecule has 0 aliphatic heterocycles. The number of furan rings is 1. The third-order valence-electron chi connectivity index (χ3n) is 1.37. The van der Waals surface area contributed by atoms with Crippen molar-refractivity contribution in [3.8, 4) is 0 Å². The summed E-state index contributed by atoms with van der Waals surface area (Å²) in [6, 6.07) is 3.73. The molecule has 1 aromatic rings. The van der Waals surface area contributed by atoms with E-state index in [1.54, 1.807) is 6.26 Å². The molecule has 1 heterocycles. The van der Waals surface area contributed by atoms with Gasteiger partial charge in [0, 0.05) is 0 Å². The molecule has 0 fully saturated rings. The third-order valence-corrected chi connectivity index (χ3v) is 1.37. The highest BCUT2D eigenvalue weighted by atomic mass is 19.1. The predicted octanol–water partition coefficient (Wildman–Crippen LogP) is 1.73. The van der Waals surface area contributed by atoms with Crippen LogP contribution in [0.1, 0.15) is 12.2 Å². The van der Waals surface area contributed by atoms with Crippen LogP contribution in [0.5, 0.6) is 0 Å². The molecule has 0 saturated carbocycles. The standard InChI is InChI=1S/C8H12FNO/c9-4-2-5-10-7-8-3-1-6-11-8/h1,3,6,10H,2,4-5,7H2. The van der Waals surface area contributed by atoms with Crippen LogP contribution in [0.2, 0.25) is 0 Å². The van der Waals surface area contributed by atoms with E-state index in [0.717, 1.165) is 5.76 Å². The van der Waals surface area contributed by atoms with Crippen LogP contribution in [0.3, 0.4) is 0 Å². The highest BCUT2D eigenvalue weighted by molar-refractivity contribution is 4.97. The van der Waals surface area contributed by atoms with Gasteiger partial charge in [-0.25, -0.2) is 0 Å². The fourth-order valence-electron chi connectivity index (χ4n) is 0.817. The Hall–Kier alpha value is -0.830. The van der Waals surface area contributed by atoms with Gasteiger partial charge in [0.2, 0.25) is 0 Å². The summed E-state index contributed by atoms with van der Waals surface area (Å²) in [5.74, 6) is 0.892. The molecule has 0 bridgehead atoms. The quantitative estimate of drug-likeness (QED) is 0.658. The average Bonchev–Trinajstić information content (AvgIpc) is 2.50. The first-order chi connectivity index (χ1) is 5.43. The van der Waals surface area contributed by atoms with Crippen molar-refractivity contribution in [2.24, 2.45) is 0 Å². The van der Waals surface area contributed by atoms with Crippen LogP contribution in [-0.2, 0) is 6.54 Å². The van der Waals surface area contributed by atoms with Crippen molar-refractivity contribution in [2.75, 3.05) is 13.2 Å². The molecular formula is C8H12FNO. The summed E-state index contributed by atoms with van der Waals surface area (Å²) in [6.07, 6.45) is 2.20. The zero-order valence-corrected chi connectivity index (χ0v) is 6.35. The Morgan fingerprint density at radius 2 is 2.45 bits per heavy atom. The number of nitrogens with one attached hydrogen (secondary N) is 1. The van der Waals surface area contributed by atoms with E-state index in [1.807, 2.05) is 12.1 Å². The van der Waals surface area contributed by atoms with E-state index in [2.05, 4.69) is 5.32 Å². The number of hydrogen-bond acceptors (Lipinski definition) is 2. The summed E-state index contributed by atoms with van der Waals surface area (Å²) < 4.78 is 16.7. The van der Waals surface area contributed by atoms with Gasteiger partial charge in [-0.2, -0.15) is 0 Å². The van der Waals surface area contributed by atoms with Gasteiger partial charge in [0.25, 0.3) is 0 Å². The highest BCUT2D eigenvalue weighted by Crippen LogP contribution is 1.97. The number of alkyl halides is 1. The van der Waals surface area contributed by atoms with Gasteiger partial charge in [0.15, 0.2) is 0 Å². The maximum atomic E-state index is 11.6. The van der Waals surface area contributed by atoms with Gasteiger partial charge in [-0.3, -0.25) is 4.39 Å². The molecule has 1 rings (SSSR count). The number of halogens is 1. The SMILES string of the molecule is FCCCNCc1ccco1. The molecule has 2 nitrogen and oxygen atoms in total. The van der Waals surface area contributed by atoms with Gasteiger partial charge in [-0.15, -0.1) is 0 Å². The largest absolute Gasteiger partial charge is 0.468 e. The molecule has 0 aliphatic rings. The monoisotopic (exact) mass is 157 g/mol. The molecule has 0 saturated heterocycles. The Kier molecular flexibility index (Phi) is 3.69. The second-order valence-electron chi connectivity index (χ2n) is 2.30. The van der Waals surface area contributed by atoms with Crippen molar-refractivity contribution in [1.82, 2.24) is 5.32 Å². The Labute approximate surface area is 65.4 Å². The van der Waals surface area contributed by atoms with Gasteiger partial charge < -0.3 is 9.73 Å². The molecule has 0 amide bonds. The van der Waals surface area contributed by atoms with Gasteiger partial charge in [0.05, 0.1) is 19.5 Å². The fraction of sp³-hybridized carbons (Fsp3) is 0.500. The second-order valence-corrected chi connectivity index (χ2v) is 2.30. The number of hydrogen-bond donors (Lipinski definition) is 1. The maximum absolute atomic E-state index is 11.6. The minimum atomic E-state index is -0.259. The van der Waals surface area contributed by atoms with Crippen LogP contribution in [0.4, 0.5) is 4.39 Å². The first-order valence-corrected chi connectivity index (χ1v) is 3.72. The molecular weight excluding hydrogens is 145 g/mol. The minimum Gasteiger partial charge on any atom is -0.468 e. The lowest BCUT2D eigenvalue weighted by Gasteiger charge is -1.98. The Bertz CT molecular complexity index is 174. The summed E-state index contributed by atoms with van der Waals surface area (Å²) in [5, 5.41) is 3.05. The van der Waals surface area contributed by atoms with Crippen LogP contribution in [-0.4, -0.2) is 13.2 Å². The van der Waals surface area contributed by atoms with Crippen LogP contribution in [0.25, 0.3) is 0 Å². The Morgan fingerprint density at radius 1 is 1.55 bits per heavy atom. The molecule has 1 N–H and O–H groups in total. The molecule has 11 heavy (non-hydrogen) atoms. The first-order valence-electron chi connectivity index (χ1n) is 3.72. The fourth-order valence-corrected chi connectivity index (χ4v) is 0.817. The topological polar surface area (TPSA) is 25.2 Å². The van der Waals surface area contributed by atoms with E-state index in [9.17, 15) is 4.39 Å². The number of rotatable bonds is 5. The second kappa shape index (κ2) is 4.91. The van der Waals surface area contributed by atoms with Crippen molar-refractivity contribution in [2.45, 2.75) is 13.0 Å². The van der Waals surface area contributed by atoms with Crippen LogP contribution in [0, 0.1) is 0 Å². The lowest BCUT2D eigenvalue weighted by molar-refractivity contribution is 0.442. The van der Waals surface area contributed by atoms with E-state index in [0.29, 0.717) is 19.5 Å². The van der Waals surface area contributed by atoms with Crippen molar-refractivity contribution in [3.05, 3.63) is 24.2 Å². The van der Waals surface area contributed by atoms with E-state index in [1.165, 1.54) is 0 Å². The Morgan fingerprint density at radius 3 is 3.09 bits per heavy atom. The summed E-state index contributed by atoms with van der Waals surface area (Å²) >= 11 is 0. The van der Waals surface area contributed by atoms with E-state index in [-0.39, 0.29) is 6.67 Å². The molecule has 3 heteroatoms. The van der Waals surface area contributed by atoms with Gasteiger partial charge in [-0.05, 0) is 25.1 Å². The lowest BCUT2D eigenvalue weighted by atomic mass is 10.4. The smallest absolute Gasteiger partial charge is 0.117 e. The maximum Gasteiger partial charge on any atom is 0.117 e. The van der Waals surface area contributed by atoms with Gasteiger partial charge >= 0.3 is 0 Å². The van der Waals surface area contributed by atoms with E-state index in [4.69, 9.17) is 4.42 Å². The summed E-state index contributed by atoms with van der Waals surface area (Å²) in [6.45, 7) is 1.13. The van der Waals surface area contributed by atoms with Crippen LogP contribution >= 0.6 is 0 Å². The molecule has 0 atom stereocenters. The summed E-state index contributed by atoms with van der Waals surface area (Å²) in [5.41, 5.74) is 0. The lowest BCUT2D eigenvalue weighted by Crippen LogP contribution is -2.14. The molecule has 62 valence electrons. The zero-order valence-electron chi connectivity index (χ0n) is 6.35. The van der Waals surface area contributed by atoms with Crippen molar-refractivity contribution in [3.63, 3.8) is 0 Å². The molecule has 0 spiro atoms. The van der Waals surface area contributed by atoms with Crippen molar-refractivity contribution < 1.29 is 8.81 Å². The zero-order chi connectivity index (χ0) is 7.94. The van der Waals surface area contributed by atoms with Crippen molar-refractivity contribution in [1.29, 1.82) is 0 Å². The van der Waals surface area contributed by atoms with E-state index >= 15 is 0 Å². The van der Waals surface area contributed by atoms with Crippen LogP contribution in [0.15, 0.2) is 22.8 Å². The molecule has 0 aliphatic carbocycles. The van der Waals surface area contributed by atoms with Crippen molar-refractivity contribution >= 4 is 0 Å². The summed E-state index contributed by atoms with van der Waals surface area (Å²) in [7, 11) is 0. The van der Waals surface area contributed by atoms with Crippen LogP contribution < -0.4 is 5.32 Å². The highest BCUT2D eigenvalue weighted by Gasteiger charge is 1.92. The molecule has 1 aromatic heterocycles. The minimum absolute atomic E-state index is 0.259. The third kappa shape index (κ3) is 3.18. The average molecular weight is 157 g/mol. The molecule has 0 aromatic carbocycles. The van der Waals surface area contributed by atoms with E-state index < -0.39 is 0 Å². The normalized spacial score (nSPS) is 10.3. The summed E-state index contributed by atoms with van der Waals surface area (Å²) in [4.78, 5) is 0. The molecule has 0 radical (unpaired) electrons. The van der Waals surface area contributed by atoms with Gasteiger partial charge in [-0.1, -0.05) is 0 Å².